The minimum atomic E-state index is -0.397. The number of rotatable bonds is 6. The quantitative estimate of drug-likeness (QED) is 0.619. The van der Waals surface area contributed by atoms with E-state index in [1.54, 1.807) is 0 Å². The van der Waals surface area contributed by atoms with E-state index in [1.165, 1.54) is 11.1 Å². The minimum absolute atomic E-state index is 0.148. The fourth-order valence-electron chi connectivity index (χ4n) is 2.20. The third-order valence-electron chi connectivity index (χ3n) is 3.72. The van der Waals surface area contributed by atoms with Crippen LogP contribution in [0, 0.1) is 5.41 Å². The molecule has 0 amide bonds. The van der Waals surface area contributed by atoms with Crippen molar-refractivity contribution >= 4 is 0 Å². The Morgan fingerprint density at radius 3 is 2.10 bits per heavy atom. The first-order valence-corrected chi connectivity index (χ1v) is 7.79. The molecule has 2 heteroatoms. The van der Waals surface area contributed by atoms with Gasteiger partial charge in [-0.3, -0.25) is 0 Å². The van der Waals surface area contributed by atoms with Crippen LogP contribution in [-0.2, 0) is 9.47 Å². The Morgan fingerprint density at radius 1 is 0.950 bits per heavy atom. The molecule has 0 unspecified atom stereocenters. The molecule has 1 saturated heterocycles. The summed E-state index contributed by atoms with van der Waals surface area (Å²) in [5, 5.41) is 0. The average molecular weight is 280 g/mol. The molecule has 20 heavy (non-hydrogen) atoms. The van der Waals surface area contributed by atoms with Gasteiger partial charge in [-0.1, -0.05) is 37.1 Å². The van der Waals surface area contributed by atoms with Crippen molar-refractivity contribution in [1.82, 2.24) is 0 Å². The Labute approximate surface area is 125 Å². The SMILES string of the molecule is CC(C)=CCC/C(C)=C/CCC1(C)OCC(C)(C)CO1. The summed E-state index contributed by atoms with van der Waals surface area (Å²) < 4.78 is 11.8. The first-order chi connectivity index (χ1) is 9.22. The van der Waals surface area contributed by atoms with Crippen molar-refractivity contribution in [3.05, 3.63) is 23.3 Å². The third kappa shape index (κ3) is 6.71. The minimum Gasteiger partial charge on any atom is -0.350 e. The van der Waals surface area contributed by atoms with Gasteiger partial charge in [0, 0.05) is 11.8 Å². The fraction of sp³-hybridized carbons (Fsp3) is 0.778. The van der Waals surface area contributed by atoms with Crippen molar-refractivity contribution in [2.75, 3.05) is 13.2 Å². The molecule has 0 saturated carbocycles. The van der Waals surface area contributed by atoms with Crippen LogP contribution in [0.2, 0.25) is 0 Å². The molecule has 0 radical (unpaired) electrons. The van der Waals surface area contributed by atoms with Gasteiger partial charge >= 0.3 is 0 Å². The second-order valence-corrected chi connectivity index (χ2v) is 7.28. The van der Waals surface area contributed by atoms with E-state index in [1.807, 2.05) is 0 Å². The summed E-state index contributed by atoms with van der Waals surface area (Å²) >= 11 is 0. The van der Waals surface area contributed by atoms with Crippen molar-refractivity contribution < 1.29 is 9.47 Å². The summed E-state index contributed by atoms with van der Waals surface area (Å²) in [5.41, 5.74) is 3.01. The van der Waals surface area contributed by atoms with Crippen LogP contribution in [0.5, 0.6) is 0 Å². The molecule has 1 heterocycles. The van der Waals surface area contributed by atoms with Crippen LogP contribution in [0.4, 0.5) is 0 Å². The van der Waals surface area contributed by atoms with E-state index in [4.69, 9.17) is 9.47 Å². The maximum Gasteiger partial charge on any atom is 0.165 e. The highest BCUT2D eigenvalue weighted by atomic mass is 16.7. The van der Waals surface area contributed by atoms with Crippen molar-refractivity contribution in [3.63, 3.8) is 0 Å². The van der Waals surface area contributed by atoms with Crippen molar-refractivity contribution in [1.29, 1.82) is 0 Å². The summed E-state index contributed by atoms with van der Waals surface area (Å²) in [6, 6.07) is 0. The van der Waals surface area contributed by atoms with Crippen LogP contribution in [0.25, 0.3) is 0 Å². The summed E-state index contributed by atoms with van der Waals surface area (Å²) in [4.78, 5) is 0. The Kier molecular flexibility index (Phi) is 6.47. The predicted octanol–water partition coefficient (Wildman–Crippen LogP) is 5.25. The van der Waals surface area contributed by atoms with Crippen LogP contribution in [0.3, 0.4) is 0 Å². The summed E-state index contributed by atoms with van der Waals surface area (Å²) in [6.45, 7) is 14.5. The van der Waals surface area contributed by atoms with E-state index in [0.29, 0.717) is 0 Å². The second kappa shape index (κ2) is 7.42. The molecular weight excluding hydrogens is 248 g/mol. The topological polar surface area (TPSA) is 18.5 Å². The molecule has 0 aromatic heterocycles. The lowest BCUT2D eigenvalue weighted by Gasteiger charge is -2.41. The molecule has 0 aromatic carbocycles. The largest absolute Gasteiger partial charge is 0.350 e. The van der Waals surface area contributed by atoms with Gasteiger partial charge in [-0.05, 0) is 47.0 Å². The van der Waals surface area contributed by atoms with Gasteiger partial charge in [0.15, 0.2) is 5.79 Å². The molecule has 0 aromatic rings. The number of hydrogen-bond acceptors (Lipinski definition) is 2. The van der Waals surface area contributed by atoms with Gasteiger partial charge in [0.05, 0.1) is 13.2 Å². The number of allylic oxidation sites excluding steroid dienone is 4. The average Bonchev–Trinajstić information content (AvgIpc) is 2.33. The molecule has 2 nitrogen and oxygen atoms in total. The first kappa shape index (κ1) is 17.5. The molecular formula is C18H32O2. The molecule has 0 spiro atoms. The van der Waals surface area contributed by atoms with E-state index in [0.717, 1.165) is 38.9 Å². The summed E-state index contributed by atoms with van der Waals surface area (Å²) in [7, 11) is 0. The standard InChI is InChI=1S/C18H32O2/c1-15(2)9-7-10-16(3)11-8-12-18(6)19-13-17(4,5)14-20-18/h9,11H,7-8,10,12-14H2,1-6H3/b16-11+. The number of ether oxygens (including phenoxy) is 2. The summed E-state index contributed by atoms with van der Waals surface area (Å²) in [5.74, 6) is -0.397. The molecule has 0 aliphatic carbocycles. The molecule has 116 valence electrons. The van der Waals surface area contributed by atoms with Crippen molar-refractivity contribution in [2.24, 2.45) is 5.41 Å². The van der Waals surface area contributed by atoms with E-state index >= 15 is 0 Å². The lowest BCUT2D eigenvalue weighted by Crippen LogP contribution is -2.45. The lowest BCUT2D eigenvalue weighted by atomic mass is 9.94. The highest BCUT2D eigenvalue weighted by molar-refractivity contribution is 5.02. The zero-order valence-corrected chi connectivity index (χ0v) is 14.2. The predicted molar refractivity (Wildman–Crippen MR) is 85.7 cm³/mol. The van der Waals surface area contributed by atoms with Gasteiger partial charge in [0.25, 0.3) is 0 Å². The molecule has 0 bridgehead atoms. The maximum atomic E-state index is 5.91. The van der Waals surface area contributed by atoms with Gasteiger partial charge in [-0.2, -0.15) is 0 Å². The van der Waals surface area contributed by atoms with Gasteiger partial charge in [0.2, 0.25) is 0 Å². The monoisotopic (exact) mass is 280 g/mol. The molecule has 1 aliphatic rings. The Balaban J connectivity index is 2.30. The highest BCUT2D eigenvalue weighted by Gasteiger charge is 2.36. The van der Waals surface area contributed by atoms with Crippen LogP contribution in [-0.4, -0.2) is 19.0 Å². The van der Waals surface area contributed by atoms with Gasteiger partial charge in [-0.15, -0.1) is 0 Å². The van der Waals surface area contributed by atoms with E-state index < -0.39 is 5.79 Å². The molecule has 1 rings (SSSR count). The molecule has 0 N–H and O–H groups in total. The van der Waals surface area contributed by atoms with Crippen LogP contribution < -0.4 is 0 Å². The first-order valence-electron chi connectivity index (χ1n) is 7.79. The summed E-state index contributed by atoms with van der Waals surface area (Å²) in [6.07, 6.45) is 8.88. The zero-order valence-electron chi connectivity index (χ0n) is 14.2. The van der Waals surface area contributed by atoms with E-state index in [9.17, 15) is 0 Å². The molecule has 0 atom stereocenters. The van der Waals surface area contributed by atoms with E-state index in [2.05, 4.69) is 53.7 Å². The van der Waals surface area contributed by atoms with Crippen LogP contribution >= 0.6 is 0 Å². The Morgan fingerprint density at radius 2 is 1.55 bits per heavy atom. The van der Waals surface area contributed by atoms with Crippen LogP contribution in [0.1, 0.15) is 67.2 Å². The van der Waals surface area contributed by atoms with Gasteiger partial charge < -0.3 is 9.47 Å². The molecule has 1 fully saturated rings. The lowest BCUT2D eigenvalue weighted by molar-refractivity contribution is -0.291. The Hall–Kier alpha value is -0.600. The van der Waals surface area contributed by atoms with Crippen molar-refractivity contribution in [2.45, 2.75) is 73.0 Å². The second-order valence-electron chi connectivity index (χ2n) is 7.28. The highest BCUT2D eigenvalue weighted by Crippen LogP contribution is 2.32. The fourth-order valence-corrected chi connectivity index (χ4v) is 2.20. The third-order valence-corrected chi connectivity index (χ3v) is 3.72. The van der Waals surface area contributed by atoms with E-state index in [-0.39, 0.29) is 5.41 Å². The van der Waals surface area contributed by atoms with Gasteiger partial charge in [0.1, 0.15) is 0 Å². The Bertz CT molecular complexity index is 350. The normalized spacial score (nSPS) is 21.6. The number of hydrogen-bond donors (Lipinski definition) is 0. The zero-order chi connectivity index (χ0) is 15.2. The maximum absolute atomic E-state index is 5.91. The van der Waals surface area contributed by atoms with Crippen LogP contribution in [0.15, 0.2) is 23.3 Å². The van der Waals surface area contributed by atoms with Crippen molar-refractivity contribution in [3.8, 4) is 0 Å². The van der Waals surface area contributed by atoms with Gasteiger partial charge in [-0.25, -0.2) is 0 Å². The smallest absolute Gasteiger partial charge is 0.165 e. The molecule has 1 aliphatic heterocycles.